The van der Waals surface area contributed by atoms with E-state index in [1.807, 2.05) is 0 Å². The van der Waals surface area contributed by atoms with E-state index in [2.05, 4.69) is 21.9 Å². The van der Waals surface area contributed by atoms with E-state index in [0.717, 1.165) is 40.5 Å². The van der Waals surface area contributed by atoms with Crippen LogP contribution < -0.4 is 9.80 Å². The van der Waals surface area contributed by atoms with Crippen LogP contribution in [-0.2, 0) is 31.4 Å². The molecule has 7 rings (SSSR count). The number of nitrogens with zero attached hydrogens (tertiary/aromatic N) is 8. The van der Waals surface area contributed by atoms with Crippen LogP contribution in [0.15, 0.2) is 120 Å². The van der Waals surface area contributed by atoms with Gasteiger partial charge >= 0.3 is 36.4 Å². The molecule has 20 heteroatoms. The molecule has 0 saturated carbocycles. The molecule has 0 aliphatic carbocycles. The van der Waals surface area contributed by atoms with Crippen LogP contribution in [0.1, 0.15) is 92.4 Å². The fraction of sp³-hybridized carbons (Fsp3) is 0.382. The number of halogens is 6. The first kappa shape index (κ1) is 55.1. The lowest BCUT2D eigenvalue weighted by Crippen LogP contribution is -2.51. The van der Waals surface area contributed by atoms with Crippen LogP contribution in [0, 0.1) is 22.7 Å². The van der Waals surface area contributed by atoms with Crippen molar-refractivity contribution in [2.24, 2.45) is 0 Å². The van der Waals surface area contributed by atoms with Gasteiger partial charge in [0.1, 0.15) is 0 Å². The highest BCUT2D eigenvalue weighted by Gasteiger charge is 2.45. The maximum Gasteiger partial charge on any atom is 0.416 e. The SMILES string of the molecule is CCOC(=O)C1=C(C)N(c2cccc(C(F)(F)F)c2)C(=O)N(CCCN2CCCN(CCCN3C(=O)N(c4cccc(C(F)(F)F)c4)C(C)=C(C(=O)OCC)C3c3ccc(C#N)cc3)CC2)C1c1ccc(C#N)cc1. The summed E-state index contributed by atoms with van der Waals surface area (Å²) in [5, 5.41) is 19.1. The van der Waals surface area contributed by atoms with Crippen molar-refractivity contribution in [2.75, 3.05) is 75.4 Å². The minimum absolute atomic E-state index is 0.00987. The third-order valence-electron chi connectivity index (χ3n) is 13.5. The number of urea groups is 2. The summed E-state index contributed by atoms with van der Waals surface area (Å²) in [5.74, 6) is -1.50. The predicted octanol–water partition coefficient (Wildman–Crippen LogP) is 10.6. The van der Waals surface area contributed by atoms with E-state index < -0.39 is 59.6 Å². The van der Waals surface area contributed by atoms with Crippen molar-refractivity contribution in [3.8, 4) is 12.1 Å². The van der Waals surface area contributed by atoms with Gasteiger partial charge in [0.05, 0.1) is 82.2 Å². The summed E-state index contributed by atoms with van der Waals surface area (Å²) >= 11 is 0. The summed E-state index contributed by atoms with van der Waals surface area (Å²) in [6.45, 7) is 9.93. The van der Waals surface area contributed by atoms with Crippen molar-refractivity contribution in [3.05, 3.63) is 153 Å². The average Bonchev–Trinajstić information content (AvgIpc) is 3.62. The van der Waals surface area contributed by atoms with Gasteiger partial charge in [-0.05, 0) is 145 Å². The number of amides is 4. The van der Waals surface area contributed by atoms with Crippen molar-refractivity contribution in [2.45, 2.75) is 71.4 Å². The number of esters is 2. The monoisotopic (exact) mass is 1040 g/mol. The number of carbonyl (C=O) groups excluding carboxylic acids is 4. The molecule has 0 aromatic heterocycles. The Labute approximate surface area is 431 Å². The highest BCUT2D eigenvalue weighted by atomic mass is 19.4. The van der Waals surface area contributed by atoms with E-state index in [0.29, 0.717) is 74.4 Å². The van der Waals surface area contributed by atoms with Gasteiger partial charge < -0.3 is 29.1 Å². The number of ether oxygens (including phenoxy) is 2. The Morgan fingerprint density at radius 2 is 0.947 bits per heavy atom. The van der Waals surface area contributed by atoms with Gasteiger partial charge in [-0.2, -0.15) is 36.9 Å². The molecule has 0 bridgehead atoms. The van der Waals surface area contributed by atoms with E-state index in [9.17, 15) is 56.0 Å². The summed E-state index contributed by atoms with van der Waals surface area (Å²) in [6, 6.07) is 22.3. The second kappa shape index (κ2) is 23.7. The molecule has 2 unspecified atom stereocenters. The lowest BCUT2D eigenvalue weighted by molar-refractivity contribution is -0.140. The number of alkyl halides is 6. The number of rotatable bonds is 16. The van der Waals surface area contributed by atoms with Crippen LogP contribution in [0.25, 0.3) is 0 Å². The lowest BCUT2D eigenvalue weighted by atomic mass is 9.92. The zero-order valence-electron chi connectivity index (χ0n) is 41.9. The van der Waals surface area contributed by atoms with E-state index in [1.54, 1.807) is 62.4 Å². The molecule has 14 nitrogen and oxygen atoms in total. The number of anilines is 2. The Morgan fingerprint density at radius 1 is 0.573 bits per heavy atom. The van der Waals surface area contributed by atoms with Crippen molar-refractivity contribution in [1.82, 2.24) is 19.6 Å². The summed E-state index contributed by atoms with van der Waals surface area (Å²) in [6.07, 6.45) is -7.88. The number of allylic oxidation sites excluding steroid dienone is 2. The maximum atomic E-state index is 14.7. The smallest absolute Gasteiger partial charge is 0.416 e. The van der Waals surface area contributed by atoms with Crippen LogP contribution in [0.3, 0.4) is 0 Å². The summed E-state index contributed by atoms with van der Waals surface area (Å²) in [5.41, 5.74) is -0.110. The Balaban J connectivity index is 1.09. The van der Waals surface area contributed by atoms with Gasteiger partial charge in [0.2, 0.25) is 0 Å². The van der Waals surface area contributed by atoms with Crippen molar-refractivity contribution < 1.29 is 55.0 Å². The molecule has 1 saturated heterocycles. The Kier molecular flexibility index (Phi) is 17.4. The number of carbonyl (C=O) groups is 4. The Hall–Kier alpha value is -7.68. The first-order chi connectivity index (χ1) is 35.8. The van der Waals surface area contributed by atoms with Gasteiger partial charge in [0.25, 0.3) is 0 Å². The Bertz CT molecular complexity index is 2720. The van der Waals surface area contributed by atoms with E-state index in [-0.39, 0.29) is 60.2 Å². The van der Waals surface area contributed by atoms with Gasteiger partial charge in [0, 0.05) is 37.6 Å². The number of nitriles is 2. The molecule has 394 valence electrons. The highest BCUT2D eigenvalue weighted by Crippen LogP contribution is 2.44. The fourth-order valence-electron chi connectivity index (χ4n) is 9.92. The molecule has 0 N–H and O–H groups in total. The molecule has 3 aliphatic heterocycles. The third-order valence-corrected chi connectivity index (χ3v) is 13.5. The Morgan fingerprint density at radius 3 is 1.28 bits per heavy atom. The van der Waals surface area contributed by atoms with Gasteiger partial charge in [-0.1, -0.05) is 36.4 Å². The quantitative estimate of drug-likeness (QED) is 0.0783. The van der Waals surface area contributed by atoms with Gasteiger partial charge in [-0.25, -0.2) is 19.2 Å². The third kappa shape index (κ3) is 12.3. The topological polar surface area (TPSA) is 154 Å². The van der Waals surface area contributed by atoms with E-state index in [1.165, 1.54) is 47.9 Å². The van der Waals surface area contributed by atoms with Gasteiger partial charge in [0.15, 0.2) is 0 Å². The summed E-state index contributed by atoms with van der Waals surface area (Å²) < 4.78 is 94.8. The summed E-state index contributed by atoms with van der Waals surface area (Å²) in [7, 11) is 0. The molecule has 2 atom stereocenters. The predicted molar refractivity (Wildman–Crippen MR) is 265 cm³/mol. The molecule has 0 spiro atoms. The second-order valence-electron chi connectivity index (χ2n) is 18.2. The van der Waals surface area contributed by atoms with Crippen LogP contribution >= 0.6 is 0 Å². The molecular formula is C55H56F6N8O6. The zero-order valence-corrected chi connectivity index (χ0v) is 41.9. The van der Waals surface area contributed by atoms with Crippen LogP contribution in [0.2, 0.25) is 0 Å². The minimum atomic E-state index is -4.71. The zero-order chi connectivity index (χ0) is 54.2. The molecule has 4 aromatic rings. The van der Waals surface area contributed by atoms with Crippen molar-refractivity contribution >= 4 is 35.4 Å². The standard InChI is InChI=1S/C55H56F6N8O6/c1-5-74-50(70)46-36(3)68(44-14-7-12-42(32-44)54(56,57)58)52(72)66(48(46)40-20-16-38(34-62)17-21-40)28-10-26-64-24-9-25-65(31-30-64)27-11-29-67-49(41-22-18-39(35-63)19-23-41)47(51(71)75-6-2)37(4)69(53(67)73)45-15-8-13-43(33-45)55(59,60)61/h7-8,12-23,32-33,48-49H,5-6,9-11,24-31H2,1-4H3. The molecule has 3 heterocycles. The fourth-order valence-corrected chi connectivity index (χ4v) is 9.92. The first-order valence-corrected chi connectivity index (χ1v) is 24.6. The second-order valence-corrected chi connectivity index (χ2v) is 18.2. The molecule has 4 amide bonds. The number of hydrogen-bond donors (Lipinski definition) is 0. The van der Waals surface area contributed by atoms with Gasteiger partial charge in [-0.15, -0.1) is 0 Å². The van der Waals surface area contributed by atoms with Crippen LogP contribution in [0.5, 0.6) is 0 Å². The highest BCUT2D eigenvalue weighted by molar-refractivity contribution is 6.04. The molecule has 4 aromatic carbocycles. The molecule has 75 heavy (non-hydrogen) atoms. The normalized spacial score (nSPS) is 18.2. The molecule has 0 radical (unpaired) electrons. The molecule has 3 aliphatic rings. The van der Waals surface area contributed by atoms with Crippen LogP contribution in [-0.4, -0.2) is 109 Å². The van der Waals surface area contributed by atoms with E-state index in [4.69, 9.17) is 9.47 Å². The molecular weight excluding hydrogens is 983 g/mol. The lowest BCUT2D eigenvalue weighted by Gasteiger charge is -2.43. The average molecular weight is 1040 g/mol. The first-order valence-electron chi connectivity index (χ1n) is 24.6. The van der Waals surface area contributed by atoms with Crippen molar-refractivity contribution in [3.63, 3.8) is 0 Å². The van der Waals surface area contributed by atoms with Gasteiger partial charge in [-0.3, -0.25) is 9.80 Å². The minimum Gasteiger partial charge on any atom is -0.463 e. The molecule has 1 fully saturated rings. The van der Waals surface area contributed by atoms with E-state index >= 15 is 0 Å². The number of hydrogen-bond acceptors (Lipinski definition) is 10. The maximum absolute atomic E-state index is 14.7. The van der Waals surface area contributed by atoms with Crippen molar-refractivity contribution in [1.29, 1.82) is 10.5 Å². The summed E-state index contributed by atoms with van der Waals surface area (Å²) in [4.78, 5) is 66.7. The van der Waals surface area contributed by atoms with Crippen LogP contribution in [0.4, 0.5) is 47.3 Å². The largest absolute Gasteiger partial charge is 0.463 e. The number of benzene rings is 4.